The number of hydrogen-bond acceptors (Lipinski definition) is 4. The molecule has 0 saturated heterocycles. The van der Waals surface area contributed by atoms with Crippen molar-refractivity contribution in [1.82, 2.24) is 4.98 Å². The molecule has 0 aliphatic carbocycles. The van der Waals surface area contributed by atoms with E-state index in [2.05, 4.69) is 4.98 Å². The van der Waals surface area contributed by atoms with Gasteiger partial charge in [-0.2, -0.15) is 0 Å². The predicted octanol–water partition coefficient (Wildman–Crippen LogP) is 1.23. The molecule has 0 aliphatic heterocycles. The molecule has 4 nitrogen and oxygen atoms in total. The Bertz CT molecular complexity index is 310. The van der Waals surface area contributed by atoms with Gasteiger partial charge in [-0.1, -0.05) is 6.07 Å². The maximum absolute atomic E-state index is 11.3. The monoisotopic (exact) mass is 180 g/mol. The third-order valence-electron chi connectivity index (χ3n) is 1.32. The molecule has 0 unspecified atom stereocenters. The Hall–Kier alpha value is -1.58. The molecule has 0 radical (unpaired) electrons. The topological polar surface area (TPSA) is 65.2 Å². The SMILES string of the molecule is CC(C)OC(=O)c1cccc(N)n1. The Morgan fingerprint density at radius 1 is 1.54 bits per heavy atom. The van der Waals surface area contributed by atoms with Crippen LogP contribution in [0.2, 0.25) is 0 Å². The third-order valence-corrected chi connectivity index (χ3v) is 1.32. The van der Waals surface area contributed by atoms with Crippen LogP contribution >= 0.6 is 0 Å². The van der Waals surface area contributed by atoms with Crippen molar-refractivity contribution in [2.45, 2.75) is 20.0 Å². The van der Waals surface area contributed by atoms with Crippen LogP contribution in [0, 0.1) is 0 Å². The third kappa shape index (κ3) is 2.74. The molecule has 2 N–H and O–H groups in total. The number of aromatic nitrogens is 1. The van der Waals surface area contributed by atoms with Gasteiger partial charge in [-0.05, 0) is 26.0 Å². The highest BCUT2D eigenvalue weighted by molar-refractivity contribution is 5.87. The first-order valence-electron chi connectivity index (χ1n) is 4.03. The molecule has 1 rings (SSSR count). The van der Waals surface area contributed by atoms with E-state index in [1.54, 1.807) is 32.0 Å². The minimum Gasteiger partial charge on any atom is -0.458 e. The summed E-state index contributed by atoms with van der Waals surface area (Å²) in [5.41, 5.74) is 5.65. The molecule has 0 atom stereocenters. The van der Waals surface area contributed by atoms with Gasteiger partial charge in [-0.3, -0.25) is 0 Å². The number of anilines is 1. The number of rotatable bonds is 2. The standard InChI is InChI=1S/C9H12N2O2/c1-6(2)13-9(12)7-4-3-5-8(10)11-7/h3-6H,1-2H3,(H2,10,11). The molecule has 1 heterocycles. The second kappa shape index (κ2) is 3.89. The van der Waals surface area contributed by atoms with Crippen molar-refractivity contribution in [3.8, 4) is 0 Å². The Labute approximate surface area is 76.7 Å². The number of esters is 1. The van der Waals surface area contributed by atoms with Gasteiger partial charge < -0.3 is 10.5 Å². The molecule has 13 heavy (non-hydrogen) atoms. The van der Waals surface area contributed by atoms with Crippen LogP contribution < -0.4 is 5.73 Å². The lowest BCUT2D eigenvalue weighted by Gasteiger charge is -2.06. The zero-order valence-corrected chi connectivity index (χ0v) is 7.65. The van der Waals surface area contributed by atoms with Crippen LogP contribution in [0.3, 0.4) is 0 Å². The van der Waals surface area contributed by atoms with Crippen molar-refractivity contribution < 1.29 is 9.53 Å². The summed E-state index contributed by atoms with van der Waals surface area (Å²) in [5, 5.41) is 0. The van der Waals surface area contributed by atoms with Gasteiger partial charge in [-0.25, -0.2) is 9.78 Å². The molecule has 0 fully saturated rings. The fourth-order valence-corrected chi connectivity index (χ4v) is 0.840. The number of nitrogens with zero attached hydrogens (tertiary/aromatic N) is 1. The second-order valence-corrected chi connectivity index (χ2v) is 2.90. The molecule has 1 aromatic rings. The quantitative estimate of drug-likeness (QED) is 0.695. The lowest BCUT2D eigenvalue weighted by atomic mass is 10.3. The molecule has 0 bridgehead atoms. The van der Waals surface area contributed by atoms with Crippen molar-refractivity contribution in [2.24, 2.45) is 0 Å². The summed E-state index contributed by atoms with van der Waals surface area (Å²) in [7, 11) is 0. The first-order chi connectivity index (χ1) is 6.09. The van der Waals surface area contributed by atoms with Crippen molar-refractivity contribution >= 4 is 11.8 Å². The Morgan fingerprint density at radius 2 is 2.23 bits per heavy atom. The predicted molar refractivity (Wildman–Crippen MR) is 49.2 cm³/mol. The Balaban J connectivity index is 2.77. The summed E-state index contributed by atoms with van der Waals surface area (Å²) in [6, 6.07) is 4.85. The van der Waals surface area contributed by atoms with Crippen LogP contribution in [-0.2, 0) is 4.74 Å². The first kappa shape index (κ1) is 9.51. The zero-order chi connectivity index (χ0) is 9.84. The van der Waals surface area contributed by atoms with Gasteiger partial charge in [0.1, 0.15) is 5.82 Å². The number of pyridine rings is 1. The van der Waals surface area contributed by atoms with E-state index in [9.17, 15) is 4.79 Å². The van der Waals surface area contributed by atoms with Crippen LogP contribution in [0.5, 0.6) is 0 Å². The van der Waals surface area contributed by atoms with Crippen LogP contribution in [0.1, 0.15) is 24.3 Å². The maximum atomic E-state index is 11.3. The highest BCUT2D eigenvalue weighted by Gasteiger charge is 2.09. The fourth-order valence-electron chi connectivity index (χ4n) is 0.840. The van der Waals surface area contributed by atoms with Crippen molar-refractivity contribution in [2.75, 3.05) is 5.73 Å². The highest BCUT2D eigenvalue weighted by atomic mass is 16.5. The second-order valence-electron chi connectivity index (χ2n) is 2.90. The van der Waals surface area contributed by atoms with Crippen LogP contribution in [0.25, 0.3) is 0 Å². The summed E-state index contributed by atoms with van der Waals surface area (Å²) in [5.74, 6) is -0.125. The summed E-state index contributed by atoms with van der Waals surface area (Å²) < 4.78 is 4.93. The molecule has 0 amide bonds. The van der Waals surface area contributed by atoms with Crippen molar-refractivity contribution in [3.63, 3.8) is 0 Å². The Kier molecular flexibility index (Phi) is 2.84. The molecule has 4 heteroatoms. The molecule has 0 aliphatic rings. The van der Waals surface area contributed by atoms with Gasteiger partial charge in [-0.15, -0.1) is 0 Å². The van der Waals surface area contributed by atoms with E-state index in [-0.39, 0.29) is 11.8 Å². The van der Waals surface area contributed by atoms with E-state index in [1.165, 1.54) is 0 Å². The maximum Gasteiger partial charge on any atom is 0.357 e. The molecule has 0 aromatic carbocycles. The van der Waals surface area contributed by atoms with E-state index in [4.69, 9.17) is 10.5 Å². The van der Waals surface area contributed by atoms with Gasteiger partial charge in [0.2, 0.25) is 0 Å². The minimum absolute atomic E-state index is 0.143. The summed E-state index contributed by atoms with van der Waals surface area (Å²) in [6.45, 7) is 3.56. The number of ether oxygens (including phenoxy) is 1. The van der Waals surface area contributed by atoms with Crippen LogP contribution in [0.4, 0.5) is 5.82 Å². The number of nitrogen functional groups attached to an aromatic ring is 1. The summed E-state index contributed by atoms with van der Waals surface area (Å²) in [6.07, 6.45) is -0.143. The summed E-state index contributed by atoms with van der Waals surface area (Å²) >= 11 is 0. The van der Waals surface area contributed by atoms with E-state index in [1.807, 2.05) is 0 Å². The Morgan fingerprint density at radius 3 is 2.77 bits per heavy atom. The van der Waals surface area contributed by atoms with Gasteiger partial charge in [0.25, 0.3) is 0 Å². The van der Waals surface area contributed by atoms with Gasteiger partial charge >= 0.3 is 5.97 Å². The molecular weight excluding hydrogens is 168 g/mol. The van der Waals surface area contributed by atoms with Gasteiger partial charge in [0.05, 0.1) is 6.10 Å². The lowest BCUT2D eigenvalue weighted by Crippen LogP contribution is -2.13. The highest BCUT2D eigenvalue weighted by Crippen LogP contribution is 2.03. The van der Waals surface area contributed by atoms with Gasteiger partial charge in [0, 0.05) is 0 Å². The fraction of sp³-hybridized carbons (Fsp3) is 0.333. The van der Waals surface area contributed by atoms with E-state index in [0.29, 0.717) is 5.82 Å². The molecule has 1 aromatic heterocycles. The van der Waals surface area contributed by atoms with Crippen molar-refractivity contribution in [1.29, 1.82) is 0 Å². The number of carbonyl (C=O) groups excluding carboxylic acids is 1. The smallest absolute Gasteiger partial charge is 0.357 e. The van der Waals surface area contributed by atoms with Gasteiger partial charge in [0.15, 0.2) is 5.69 Å². The lowest BCUT2D eigenvalue weighted by molar-refractivity contribution is 0.0371. The number of hydrogen-bond donors (Lipinski definition) is 1. The summed E-state index contributed by atoms with van der Waals surface area (Å²) in [4.78, 5) is 15.1. The van der Waals surface area contributed by atoms with E-state index < -0.39 is 5.97 Å². The average Bonchev–Trinajstić information content (AvgIpc) is 2.03. The van der Waals surface area contributed by atoms with Crippen LogP contribution in [-0.4, -0.2) is 17.1 Å². The van der Waals surface area contributed by atoms with Crippen LogP contribution in [0.15, 0.2) is 18.2 Å². The average molecular weight is 180 g/mol. The number of carbonyl (C=O) groups is 1. The molecular formula is C9H12N2O2. The van der Waals surface area contributed by atoms with Crippen molar-refractivity contribution in [3.05, 3.63) is 23.9 Å². The van der Waals surface area contributed by atoms with E-state index >= 15 is 0 Å². The molecule has 70 valence electrons. The molecule has 0 spiro atoms. The number of nitrogens with two attached hydrogens (primary N) is 1. The first-order valence-corrected chi connectivity index (χ1v) is 4.03. The normalized spacial score (nSPS) is 10.1. The minimum atomic E-state index is -0.442. The zero-order valence-electron chi connectivity index (χ0n) is 7.65. The van der Waals surface area contributed by atoms with E-state index in [0.717, 1.165) is 0 Å². The largest absolute Gasteiger partial charge is 0.458 e. The molecule has 0 saturated carbocycles.